The summed E-state index contributed by atoms with van der Waals surface area (Å²) in [6.07, 6.45) is -8.10. The highest BCUT2D eigenvalue weighted by atomic mass is 35.5. The first-order valence-electron chi connectivity index (χ1n) is 3.93. The second kappa shape index (κ2) is 4.50. The SMILES string of the molecule is OCc1cc(C(F)F)c(Cl)c(C(F)(F)F)n1. The van der Waals surface area contributed by atoms with Crippen molar-refractivity contribution in [1.29, 1.82) is 0 Å². The van der Waals surface area contributed by atoms with Gasteiger partial charge >= 0.3 is 6.18 Å². The number of hydrogen-bond donors (Lipinski definition) is 1. The maximum absolute atomic E-state index is 12.4. The normalized spacial score (nSPS) is 12.2. The number of alkyl halides is 5. The van der Waals surface area contributed by atoms with E-state index in [0.717, 1.165) is 0 Å². The Labute approximate surface area is 91.7 Å². The highest BCUT2D eigenvalue weighted by Crippen LogP contribution is 2.38. The molecule has 0 atom stereocenters. The molecule has 90 valence electrons. The Morgan fingerprint density at radius 2 is 1.94 bits per heavy atom. The third-order valence-electron chi connectivity index (χ3n) is 1.70. The second-order valence-corrected chi connectivity index (χ2v) is 3.20. The summed E-state index contributed by atoms with van der Waals surface area (Å²) < 4.78 is 61.7. The molecule has 1 heterocycles. The monoisotopic (exact) mass is 261 g/mol. The highest BCUT2D eigenvalue weighted by Gasteiger charge is 2.37. The van der Waals surface area contributed by atoms with Gasteiger partial charge in [-0.05, 0) is 6.07 Å². The van der Waals surface area contributed by atoms with Crippen LogP contribution in [0.15, 0.2) is 6.07 Å². The van der Waals surface area contributed by atoms with Crippen LogP contribution in [0.4, 0.5) is 22.0 Å². The Morgan fingerprint density at radius 1 is 1.38 bits per heavy atom. The van der Waals surface area contributed by atoms with E-state index in [0.29, 0.717) is 6.07 Å². The lowest BCUT2D eigenvalue weighted by atomic mass is 10.2. The van der Waals surface area contributed by atoms with E-state index in [1.54, 1.807) is 0 Å². The van der Waals surface area contributed by atoms with E-state index in [-0.39, 0.29) is 0 Å². The average Bonchev–Trinajstić information content (AvgIpc) is 2.15. The summed E-state index contributed by atoms with van der Waals surface area (Å²) in [6, 6.07) is 0.641. The number of rotatable bonds is 2. The summed E-state index contributed by atoms with van der Waals surface area (Å²) in [5.41, 5.74) is -3.11. The van der Waals surface area contributed by atoms with Gasteiger partial charge in [-0.2, -0.15) is 13.2 Å². The average molecular weight is 262 g/mol. The van der Waals surface area contributed by atoms with Gasteiger partial charge in [-0.3, -0.25) is 0 Å². The van der Waals surface area contributed by atoms with Crippen molar-refractivity contribution < 1.29 is 27.1 Å². The van der Waals surface area contributed by atoms with Crippen molar-refractivity contribution in [1.82, 2.24) is 4.98 Å². The summed E-state index contributed by atoms with van der Waals surface area (Å²) in [7, 11) is 0. The zero-order valence-corrected chi connectivity index (χ0v) is 8.28. The standard InChI is InChI=1S/C8H5ClF5NO/c9-5-4(7(10)11)1-3(2-16)15-6(5)8(12,13)14/h1,7,16H,2H2. The van der Waals surface area contributed by atoms with Gasteiger partial charge in [0.2, 0.25) is 0 Å². The third kappa shape index (κ3) is 2.59. The van der Waals surface area contributed by atoms with Crippen molar-refractivity contribution in [3.63, 3.8) is 0 Å². The van der Waals surface area contributed by atoms with Crippen LogP contribution in [0.5, 0.6) is 0 Å². The van der Waals surface area contributed by atoms with Crippen LogP contribution in [0.3, 0.4) is 0 Å². The second-order valence-electron chi connectivity index (χ2n) is 2.82. The Hall–Kier alpha value is -0.950. The predicted molar refractivity (Wildman–Crippen MR) is 45.1 cm³/mol. The topological polar surface area (TPSA) is 33.1 Å². The molecule has 1 N–H and O–H groups in total. The number of halogens is 6. The molecule has 1 aromatic heterocycles. The molecule has 0 spiro atoms. The molecule has 1 aromatic rings. The number of pyridine rings is 1. The molecule has 0 amide bonds. The Bertz CT molecular complexity index is 393. The fraction of sp³-hybridized carbons (Fsp3) is 0.375. The smallest absolute Gasteiger partial charge is 0.390 e. The first kappa shape index (κ1) is 13.1. The maximum Gasteiger partial charge on any atom is 0.434 e. The molecule has 0 saturated heterocycles. The molecule has 1 rings (SSSR count). The van der Waals surface area contributed by atoms with E-state index in [1.807, 2.05) is 0 Å². The van der Waals surface area contributed by atoms with Crippen LogP contribution >= 0.6 is 11.6 Å². The summed E-state index contributed by atoms with van der Waals surface area (Å²) in [5.74, 6) is 0. The number of aliphatic hydroxyl groups is 1. The van der Waals surface area contributed by atoms with E-state index >= 15 is 0 Å². The van der Waals surface area contributed by atoms with Gasteiger partial charge in [0.05, 0.1) is 17.3 Å². The number of aromatic nitrogens is 1. The molecule has 0 saturated carbocycles. The Morgan fingerprint density at radius 3 is 2.31 bits per heavy atom. The van der Waals surface area contributed by atoms with Gasteiger partial charge in [0.1, 0.15) is 0 Å². The summed E-state index contributed by atoms with van der Waals surface area (Å²) in [4.78, 5) is 2.96. The fourth-order valence-electron chi connectivity index (χ4n) is 1.03. The van der Waals surface area contributed by atoms with E-state index in [9.17, 15) is 22.0 Å². The lowest BCUT2D eigenvalue weighted by molar-refractivity contribution is -0.141. The van der Waals surface area contributed by atoms with Crippen LogP contribution in [-0.4, -0.2) is 10.1 Å². The minimum absolute atomic E-state index is 0.507. The Balaban J connectivity index is 3.44. The number of aliphatic hydroxyl groups excluding tert-OH is 1. The van der Waals surface area contributed by atoms with Crippen molar-refractivity contribution in [2.24, 2.45) is 0 Å². The van der Waals surface area contributed by atoms with Crippen LogP contribution in [0, 0.1) is 0 Å². The van der Waals surface area contributed by atoms with Gasteiger partial charge in [0.15, 0.2) is 5.69 Å². The summed E-state index contributed by atoms with van der Waals surface area (Å²) in [6.45, 7) is -0.875. The van der Waals surface area contributed by atoms with Crippen LogP contribution in [-0.2, 0) is 12.8 Å². The molecule has 0 aromatic carbocycles. The summed E-state index contributed by atoms with van der Waals surface area (Å²) >= 11 is 5.17. The molecule has 0 aliphatic carbocycles. The van der Waals surface area contributed by atoms with Gasteiger partial charge in [-0.1, -0.05) is 11.6 Å². The van der Waals surface area contributed by atoms with Gasteiger partial charge in [0, 0.05) is 5.56 Å². The zero-order chi connectivity index (χ0) is 12.5. The molecule has 0 radical (unpaired) electrons. The molecule has 16 heavy (non-hydrogen) atoms. The molecule has 0 bridgehead atoms. The number of hydrogen-bond acceptors (Lipinski definition) is 2. The molecular weight excluding hydrogens is 257 g/mol. The van der Waals surface area contributed by atoms with Crippen LogP contribution in [0.25, 0.3) is 0 Å². The highest BCUT2D eigenvalue weighted by molar-refractivity contribution is 6.32. The minimum atomic E-state index is -4.94. The third-order valence-corrected chi connectivity index (χ3v) is 2.10. The largest absolute Gasteiger partial charge is 0.434 e. The fourth-order valence-corrected chi connectivity index (χ4v) is 1.32. The van der Waals surface area contributed by atoms with E-state index in [4.69, 9.17) is 16.7 Å². The molecule has 0 aliphatic rings. The first-order valence-corrected chi connectivity index (χ1v) is 4.30. The van der Waals surface area contributed by atoms with Crippen LogP contribution < -0.4 is 0 Å². The van der Waals surface area contributed by atoms with Gasteiger partial charge < -0.3 is 5.11 Å². The van der Waals surface area contributed by atoms with Crippen molar-refractivity contribution in [2.75, 3.05) is 0 Å². The van der Waals surface area contributed by atoms with Crippen molar-refractivity contribution in [3.05, 3.63) is 28.0 Å². The maximum atomic E-state index is 12.4. The Kier molecular flexibility index (Phi) is 3.69. The van der Waals surface area contributed by atoms with Gasteiger partial charge in [-0.25, -0.2) is 13.8 Å². The predicted octanol–water partition coefficient (Wildman–Crippen LogP) is 3.18. The molecule has 8 heteroatoms. The minimum Gasteiger partial charge on any atom is -0.390 e. The van der Waals surface area contributed by atoms with E-state index in [1.165, 1.54) is 0 Å². The van der Waals surface area contributed by atoms with Crippen molar-refractivity contribution in [2.45, 2.75) is 19.2 Å². The number of nitrogens with zero attached hydrogens (tertiary/aromatic N) is 1. The van der Waals surface area contributed by atoms with Crippen molar-refractivity contribution in [3.8, 4) is 0 Å². The molecule has 0 unspecified atom stereocenters. The molecule has 0 aliphatic heterocycles. The molecular formula is C8H5ClF5NO. The quantitative estimate of drug-likeness (QED) is 0.830. The van der Waals surface area contributed by atoms with Crippen molar-refractivity contribution >= 4 is 11.6 Å². The summed E-state index contributed by atoms with van der Waals surface area (Å²) in [5, 5.41) is 7.47. The molecule has 2 nitrogen and oxygen atoms in total. The van der Waals surface area contributed by atoms with Crippen LogP contribution in [0.2, 0.25) is 5.02 Å². The molecule has 0 fully saturated rings. The zero-order valence-electron chi connectivity index (χ0n) is 7.52. The first-order chi connectivity index (χ1) is 7.27. The van der Waals surface area contributed by atoms with E-state index < -0.39 is 41.2 Å². The van der Waals surface area contributed by atoms with Gasteiger partial charge in [0.25, 0.3) is 6.43 Å². The lowest BCUT2D eigenvalue weighted by Crippen LogP contribution is -2.12. The van der Waals surface area contributed by atoms with E-state index in [2.05, 4.69) is 4.98 Å². The van der Waals surface area contributed by atoms with Gasteiger partial charge in [-0.15, -0.1) is 0 Å². The lowest BCUT2D eigenvalue weighted by Gasteiger charge is -2.12. The van der Waals surface area contributed by atoms with Crippen LogP contribution in [0.1, 0.15) is 23.4 Å².